The Morgan fingerprint density at radius 2 is 0.190 bits per heavy atom. The van der Waals surface area contributed by atoms with E-state index in [4.69, 9.17) is 666 Å². The SMILES string of the molecule is ClC(Cl)Cl.ClC(Cl)Cl.ClC(Cl)Cl.ClC(Cl)Cl.ClC(Cl)Cl.ClC(Cl)Cl.ClC(Cl)Cl.ClC(Cl)Cl.ClC(Cl)Cl.ClC(Cl)Cl.ClC(Cl)Cl.ClC(Cl)Cl.ClC(Cl)Cl.ClC(Cl)Cl.ClC(Cl)Cl.ClC(Cl)Cl.ClC(Cl)Cl.ClC(Cl)Cl.OCCC(Cl)(Cl)Cl. The standard InChI is InChI=1S/C3H5Cl3O.18CHCl3/c4-3(5,6)1-2-7;18*2-1(3)4/h7H,1-2H2;18*1H. The molecule has 79 heavy (non-hydrogen) atoms. The molecule has 0 rings (SSSR count). The predicted octanol–water partition coefficient (Wildman–Crippen LogP) is 37.5. The Balaban J connectivity index is -0.0000000284. The van der Waals surface area contributed by atoms with Gasteiger partial charge in [-0.3, -0.25) is 0 Å². The fourth-order valence-electron chi connectivity index (χ4n) is 0.127. The van der Waals surface area contributed by atoms with E-state index in [0.29, 0.717) is 0 Å². The molecule has 1 nitrogen and oxygen atoms in total. The van der Waals surface area contributed by atoms with Crippen LogP contribution in [-0.4, -0.2) is 92.8 Å². The Hall–Kier alpha value is 16.5. The van der Waals surface area contributed by atoms with Crippen molar-refractivity contribution in [2.45, 2.75) is 87.5 Å². The lowest BCUT2D eigenvalue weighted by atomic mass is 10.5. The van der Waals surface area contributed by atoms with Gasteiger partial charge in [-0.1, -0.05) is 661 Å². The fraction of sp³-hybridized carbons (Fsp3) is 1.00. The lowest BCUT2D eigenvalue weighted by Crippen LogP contribution is -2.03. The first kappa shape index (κ1) is 146. The second-order valence-electron chi connectivity index (χ2n) is 5.54. The van der Waals surface area contributed by atoms with Crippen molar-refractivity contribution in [3.8, 4) is 0 Å². The third-order valence-electron chi connectivity index (χ3n) is 0.395. The highest BCUT2D eigenvalue weighted by Crippen LogP contribution is 2.29. The highest BCUT2D eigenvalue weighted by molar-refractivity contribution is 6.70. The Labute approximate surface area is 746 Å². The van der Waals surface area contributed by atoms with E-state index in [1.165, 1.54) is 0 Å². The first-order chi connectivity index (χ1) is 34.2. The maximum Gasteiger partial charge on any atom is 0.192 e. The van der Waals surface area contributed by atoms with Crippen LogP contribution in [0.5, 0.6) is 0 Å². The van der Waals surface area contributed by atoms with Gasteiger partial charge in [0.2, 0.25) is 0 Å². The molecule has 0 aromatic heterocycles. The van der Waals surface area contributed by atoms with Crippen molar-refractivity contribution in [1.29, 1.82) is 0 Å². The Morgan fingerprint density at radius 3 is 0.190 bits per heavy atom. The minimum absolute atomic E-state index is 0.0868. The second kappa shape index (κ2) is 134. The first-order valence-corrected chi connectivity index (χ1v) is 38.2. The van der Waals surface area contributed by atoms with Crippen LogP contribution in [0.2, 0.25) is 0 Å². The smallest absolute Gasteiger partial charge is 0.192 e. The summed E-state index contributed by atoms with van der Waals surface area (Å²) in [6, 6.07) is 0. The molecule has 512 valence electrons. The van der Waals surface area contributed by atoms with Gasteiger partial charge in [-0.05, 0) is 0 Å². The van der Waals surface area contributed by atoms with Gasteiger partial charge >= 0.3 is 0 Å². The fourth-order valence-corrected chi connectivity index (χ4v) is 0.380. The van der Waals surface area contributed by atoms with Crippen molar-refractivity contribution in [1.82, 2.24) is 0 Å². The monoisotopic (exact) mass is 2280 g/mol. The van der Waals surface area contributed by atoms with E-state index in [1.54, 1.807) is 0 Å². The van der Waals surface area contributed by atoms with E-state index in [-0.39, 0.29) is 13.0 Å². The molecule has 58 heteroatoms. The number of hydrogen-bond acceptors (Lipinski definition) is 1. The van der Waals surface area contributed by atoms with Crippen molar-refractivity contribution in [2.24, 2.45) is 0 Å². The second-order valence-corrected chi connectivity index (χ2v) is 43.7. The molecule has 0 aromatic rings. The summed E-state index contributed by atoms with van der Waals surface area (Å²) in [5.41, 5.74) is 0. The molecule has 0 aliphatic heterocycles. The molecule has 0 radical (unpaired) electrons. The van der Waals surface area contributed by atoms with E-state index in [2.05, 4.69) is 0 Å². The minimum Gasteiger partial charge on any atom is -0.396 e. The van der Waals surface area contributed by atoms with Crippen LogP contribution in [0.1, 0.15) is 6.42 Å². The van der Waals surface area contributed by atoms with Gasteiger partial charge in [-0.15, -0.1) is 0 Å². The maximum absolute atomic E-state index is 8.15. The van der Waals surface area contributed by atoms with Crippen LogP contribution < -0.4 is 0 Å². The summed E-state index contributed by atoms with van der Waals surface area (Å²) < 4.78 is -14.8. The van der Waals surface area contributed by atoms with E-state index < -0.39 is 81.1 Å². The van der Waals surface area contributed by atoms with E-state index >= 15 is 0 Å². The number of aliphatic hydroxyl groups is 1. The molecule has 0 atom stereocenters. The lowest BCUT2D eigenvalue weighted by Gasteiger charge is -2.05. The van der Waals surface area contributed by atoms with Crippen molar-refractivity contribution in [3.05, 3.63) is 0 Å². The molecule has 0 heterocycles. The molecule has 0 amide bonds. The number of rotatable bonds is 1. The number of halogens is 57. The van der Waals surface area contributed by atoms with Crippen LogP contribution in [0, 0.1) is 0 Å². The number of aliphatic hydroxyl groups excluding tert-OH is 1. The summed E-state index contributed by atoms with van der Waals surface area (Å²) in [7, 11) is 0. The summed E-state index contributed by atoms with van der Waals surface area (Å²) in [5, 5.41) is 8.15. The molecule has 0 saturated heterocycles. The molecule has 0 unspecified atom stereocenters. The molecule has 0 aromatic carbocycles. The van der Waals surface area contributed by atoms with Crippen LogP contribution in [0.25, 0.3) is 0 Å². The highest BCUT2D eigenvalue weighted by atomic mass is 35.6. The van der Waals surface area contributed by atoms with Gasteiger partial charge in [0.05, 0.1) is 0 Å². The third-order valence-corrected chi connectivity index (χ3v) is 0.962. The molecule has 0 bridgehead atoms. The van der Waals surface area contributed by atoms with Crippen molar-refractivity contribution in [2.75, 3.05) is 6.61 Å². The molecule has 1 N–H and O–H groups in total. The van der Waals surface area contributed by atoms with Gasteiger partial charge in [-0.2, -0.15) is 0 Å². The normalized spacial score (nSPS) is 9.27. The summed E-state index contributed by atoms with van der Waals surface area (Å²) in [5.74, 6) is 0. The number of alkyl halides is 57. The molecule has 0 fully saturated rings. The Kier molecular flexibility index (Phi) is 247. The summed E-state index contributed by atoms with van der Waals surface area (Å²) in [6.07, 6.45) is 0.192. The Bertz CT molecular complexity index is 491. The van der Waals surface area contributed by atoms with Gasteiger partial charge in [0, 0.05) is 13.0 Å². The zero-order chi connectivity index (χ0) is 70.3. The summed E-state index contributed by atoms with van der Waals surface area (Å²) in [4.78, 5) is 0. The minimum atomic E-state index is -1.28. The highest BCUT2D eigenvalue weighted by Gasteiger charge is 2.17. The third kappa shape index (κ3) is 1930. The van der Waals surface area contributed by atoms with Gasteiger partial charge in [0.15, 0.2) is 81.1 Å². The van der Waals surface area contributed by atoms with Gasteiger partial charge in [-0.25, -0.2) is 0 Å². The van der Waals surface area contributed by atoms with E-state index in [1.807, 2.05) is 0 Å². The summed E-state index contributed by atoms with van der Waals surface area (Å²) >= 11 is 275. The molecule has 0 spiro atoms. The largest absolute Gasteiger partial charge is 0.396 e. The van der Waals surface area contributed by atoms with Crippen LogP contribution in [-0.2, 0) is 0 Å². The molecule has 0 saturated carbocycles. The average Bonchev–Trinajstić information content (AvgIpc) is 2.99. The molecule has 0 aliphatic carbocycles. The molecular weight excluding hydrogens is 2290 g/mol. The van der Waals surface area contributed by atoms with Gasteiger partial charge < -0.3 is 5.11 Å². The zero-order valence-electron chi connectivity index (χ0n) is 34.3. The van der Waals surface area contributed by atoms with Gasteiger partial charge in [0.1, 0.15) is 0 Å². The van der Waals surface area contributed by atoms with Crippen LogP contribution in [0.15, 0.2) is 0 Å². The zero-order valence-corrected chi connectivity index (χ0v) is 77.4. The first-order valence-electron chi connectivity index (χ1n) is 13.5. The topological polar surface area (TPSA) is 20.2 Å². The molecular formula is C21H23Cl57O. The van der Waals surface area contributed by atoms with E-state index in [9.17, 15) is 0 Å². The predicted molar refractivity (Wildman–Crippen MR) is 416 cm³/mol. The van der Waals surface area contributed by atoms with Crippen molar-refractivity contribution < 1.29 is 5.11 Å². The Morgan fingerprint density at radius 1 is 0.152 bits per heavy atom. The average molecular weight is 2310 g/mol. The van der Waals surface area contributed by atoms with Crippen LogP contribution in [0.3, 0.4) is 0 Å². The molecule has 0 aliphatic rings. The summed E-state index contributed by atoms with van der Waals surface area (Å²) in [6.45, 7) is -0.0868. The maximum atomic E-state index is 8.15. The van der Waals surface area contributed by atoms with Crippen molar-refractivity contribution >= 4 is 661 Å². The van der Waals surface area contributed by atoms with E-state index in [0.717, 1.165) is 0 Å². The van der Waals surface area contributed by atoms with Crippen LogP contribution in [0.4, 0.5) is 0 Å². The quantitative estimate of drug-likeness (QED) is 0.260. The number of hydrogen-bond donors (Lipinski definition) is 1. The van der Waals surface area contributed by atoms with Gasteiger partial charge in [0.25, 0.3) is 0 Å². The van der Waals surface area contributed by atoms with Crippen LogP contribution >= 0.6 is 661 Å². The lowest BCUT2D eigenvalue weighted by molar-refractivity contribution is 0.290. The van der Waals surface area contributed by atoms with Crippen molar-refractivity contribution in [3.63, 3.8) is 0 Å².